The van der Waals surface area contributed by atoms with Gasteiger partial charge in [0.1, 0.15) is 31.3 Å². The van der Waals surface area contributed by atoms with Crippen molar-refractivity contribution in [2.75, 3.05) is 19.8 Å². The summed E-state index contributed by atoms with van der Waals surface area (Å²) in [5, 5.41) is 0. The van der Waals surface area contributed by atoms with Crippen LogP contribution in [0.2, 0.25) is 0 Å². The summed E-state index contributed by atoms with van der Waals surface area (Å²) in [7, 11) is 0. The largest absolute Gasteiger partial charge is 0.488 e. The molecule has 1 saturated heterocycles. The van der Waals surface area contributed by atoms with Crippen molar-refractivity contribution in [1.29, 1.82) is 0 Å². The third kappa shape index (κ3) is 5.74. The van der Waals surface area contributed by atoms with Crippen LogP contribution in [0.15, 0.2) is 54.8 Å². The van der Waals surface area contributed by atoms with Gasteiger partial charge in [0.05, 0.1) is 21.4 Å². The molecular weight excluding hydrogens is 680 g/mol. The van der Waals surface area contributed by atoms with Gasteiger partial charge in [-0.2, -0.15) is 4.89 Å². The molecule has 1 aromatic carbocycles. The number of ether oxygens (including phenoxy) is 2. The molecule has 3 rings (SSSR count). The maximum atomic E-state index is 13.2. The summed E-state index contributed by atoms with van der Waals surface area (Å²) < 4.78 is 13.2. The van der Waals surface area contributed by atoms with Gasteiger partial charge in [0.2, 0.25) is 5.91 Å². The van der Waals surface area contributed by atoms with E-state index < -0.39 is 29.8 Å². The first kappa shape index (κ1) is 27.7. The smallest absolute Gasteiger partial charge is 0.355 e. The lowest BCUT2D eigenvalue weighted by Gasteiger charge is -2.47. The van der Waals surface area contributed by atoms with Crippen molar-refractivity contribution < 1.29 is 33.6 Å². The average Bonchev–Trinajstić information content (AvgIpc) is 3.09. The van der Waals surface area contributed by atoms with Crippen molar-refractivity contribution in [1.82, 2.24) is 4.90 Å². The first-order chi connectivity index (χ1) is 16.8. The van der Waals surface area contributed by atoms with Gasteiger partial charge in [0, 0.05) is 15.9 Å². The fourth-order valence-electron chi connectivity index (χ4n) is 4.31. The van der Waals surface area contributed by atoms with Crippen LogP contribution < -0.4 is 4.74 Å². The maximum Gasteiger partial charge on any atom is 0.355 e. The highest BCUT2D eigenvalue weighted by molar-refractivity contribution is 14.1. The molecule has 0 radical (unpaired) electrons. The molecule has 1 aromatic rings. The normalized spacial score (nSPS) is 21.7. The van der Waals surface area contributed by atoms with Crippen LogP contribution in [-0.4, -0.2) is 48.6 Å². The zero-order valence-electron chi connectivity index (χ0n) is 19.5. The van der Waals surface area contributed by atoms with Crippen molar-refractivity contribution in [3.8, 4) is 5.75 Å². The summed E-state index contributed by atoms with van der Waals surface area (Å²) in [6.07, 6.45) is 2.91. The second-order valence-electron chi connectivity index (χ2n) is 8.23. The number of nitrogens with zero attached hydrogens (tertiary/aromatic N) is 1. The molecule has 1 amide bonds. The second-order valence-corrected chi connectivity index (χ2v) is 10.2. The number of carbonyl (C=O) groups excluding carboxylic acids is 3. The summed E-state index contributed by atoms with van der Waals surface area (Å²) in [4.78, 5) is 49.6. The first-order valence-electron chi connectivity index (χ1n) is 11.0. The average molecular weight is 707 g/mol. The third-order valence-corrected chi connectivity index (χ3v) is 7.82. The number of hydrogen-bond acceptors (Lipinski definition) is 7. The van der Waals surface area contributed by atoms with E-state index in [0.717, 1.165) is 8.00 Å². The molecule has 8 nitrogen and oxygen atoms in total. The molecule has 1 fully saturated rings. The molecule has 2 aliphatic heterocycles. The summed E-state index contributed by atoms with van der Waals surface area (Å²) in [6, 6.07) is 5.54. The van der Waals surface area contributed by atoms with Gasteiger partial charge < -0.3 is 14.4 Å². The van der Waals surface area contributed by atoms with Crippen LogP contribution in [0, 0.1) is 21.3 Å². The zero-order valence-corrected chi connectivity index (χ0v) is 23.8. The lowest BCUT2D eigenvalue weighted by atomic mass is 9.74. The SMILES string of the molecule is C=CCOOC(=O)C(C)C1C(=O)N2C(C(=O)OCC=C)=C(COc3ccc(CI)cc3I)[C@H](C)C12. The highest BCUT2D eigenvalue weighted by Crippen LogP contribution is 2.49. The molecule has 2 aliphatic rings. The fraction of sp³-hybridized carbons (Fsp3) is 0.400. The molecule has 0 N–H and O–H groups in total. The Bertz CT molecular complexity index is 1050. The minimum atomic E-state index is -0.761. The van der Waals surface area contributed by atoms with Gasteiger partial charge in [0.25, 0.3) is 0 Å². The van der Waals surface area contributed by atoms with Gasteiger partial charge >= 0.3 is 11.9 Å². The molecule has 0 saturated carbocycles. The Morgan fingerprint density at radius 3 is 2.57 bits per heavy atom. The Balaban J connectivity index is 1.84. The van der Waals surface area contributed by atoms with E-state index in [9.17, 15) is 14.4 Å². The lowest BCUT2D eigenvalue weighted by Crippen LogP contribution is -2.63. The van der Waals surface area contributed by atoms with Crippen LogP contribution in [0.25, 0.3) is 0 Å². The number of hydrogen-bond donors (Lipinski definition) is 0. The minimum Gasteiger partial charge on any atom is -0.488 e. The molecule has 0 aromatic heterocycles. The summed E-state index contributed by atoms with van der Waals surface area (Å²) >= 11 is 4.51. The van der Waals surface area contributed by atoms with Crippen molar-refractivity contribution in [3.63, 3.8) is 0 Å². The minimum absolute atomic E-state index is 0.0139. The maximum absolute atomic E-state index is 13.2. The number of fused-ring (bicyclic) bond motifs is 1. The molecule has 35 heavy (non-hydrogen) atoms. The van der Waals surface area contributed by atoms with Crippen LogP contribution in [-0.2, 0) is 33.3 Å². The van der Waals surface area contributed by atoms with Gasteiger partial charge in [-0.1, -0.05) is 61.2 Å². The molecule has 10 heteroatoms. The Hall–Kier alpha value is -1.93. The van der Waals surface area contributed by atoms with Crippen molar-refractivity contribution in [2.45, 2.75) is 24.3 Å². The molecule has 188 valence electrons. The first-order valence-corrected chi connectivity index (χ1v) is 13.6. The topological polar surface area (TPSA) is 91.4 Å². The number of amides is 1. The number of alkyl halides is 1. The summed E-state index contributed by atoms with van der Waals surface area (Å²) in [5.41, 5.74) is 2.00. The molecule has 0 bridgehead atoms. The number of halogens is 2. The van der Waals surface area contributed by atoms with E-state index in [1.54, 1.807) is 6.92 Å². The van der Waals surface area contributed by atoms with Crippen LogP contribution >= 0.6 is 45.2 Å². The molecule has 0 aliphatic carbocycles. The van der Waals surface area contributed by atoms with Crippen molar-refractivity contribution >= 4 is 63.0 Å². The highest BCUT2D eigenvalue weighted by atomic mass is 127. The molecular formula is C25H27I2NO7. The Morgan fingerprint density at radius 2 is 1.94 bits per heavy atom. The quantitative estimate of drug-likeness (QED) is 0.0467. The molecule has 2 heterocycles. The fourth-order valence-corrected chi connectivity index (χ4v) is 5.52. The standard InChI is InChI=1S/C25H27I2NO7/c1-5-9-32-25(31)22-17(13-33-19-8-7-16(12-26)11-18(19)27)14(3)21-20(23(29)28(21)22)15(4)24(30)35-34-10-6-2/h5-8,11,14-15,20-21H,1-2,9-10,12-13H2,3-4H3/t14-,15?,20?,21?/m0/s1. The van der Waals surface area contributed by atoms with E-state index in [4.69, 9.17) is 19.2 Å². The van der Waals surface area contributed by atoms with Gasteiger partial charge in [-0.3, -0.25) is 9.68 Å². The molecule has 3 unspecified atom stereocenters. The van der Waals surface area contributed by atoms with E-state index in [-0.39, 0.29) is 37.3 Å². The van der Waals surface area contributed by atoms with Crippen LogP contribution in [0.4, 0.5) is 0 Å². The van der Waals surface area contributed by atoms with Crippen molar-refractivity contribution in [2.24, 2.45) is 17.8 Å². The van der Waals surface area contributed by atoms with Gasteiger partial charge in [0.15, 0.2) is 0 Å². The van der Waals surface area contributed by atoms with Crippen molar-refractivity contribution in [3.05, 3.63) is 63.9 Å². The summed E-state index contributed by atoms with van der Waals surface area (Å²) in [5.74, 6) is -2.58. The van der Waals surface area contributed by atoms with Crippen LogP contribution in [0.5, 0.6) is 5.75 Å². The van der Waals surface area contributed by atoms with E-state index >= 15 is 0 Å². The van der Waals surface area contributed by atoms with Gasteiger partial charge in [-0.15, -0.1) is 6.58 Å². The van der Waals surface area contributed by atoms with E-state index in [2.05, 4.69) is 58.3 Å². The van der Waals surface area contributed by atoms with Crippen LogP contribution in [0.3, 0.4) is 0 Å². The second kappa shape index (κ2) is 12.3. The van der Waals surface area contributed by atoms with Gasteiger partial charge in [-0.05, 0) is 40.3 Å². The predicted molar refractivity (Wildman–Crippen MR) is 145 cm³/mol. The number of esters is 1. The Kier molecular flexibility index (Phi) is 9.76. The van der Waals surface area contributed by atoms with E-state index in [1.165, 1.54) is 22.6 Å². The molecule has 0 spiro atoms. The number of β-lactam (4-membered cyclic amide) rings is 1. The number of carbonyl (C=O) groups is 3. The zero-order chi connectivity index (χ0) is 25.7. The van der Waals surface area contributed by atoms with E-state index in [1.807, 2.05) is 25.1 Å². The summed E-state index contributed by atoms with van der Waals surface area (Å²) in [6.45, 7) is 10.8. The Labute approximate surface area is 231 Å². The monoisotopic (exact) mass is 707 g/mol. The highest BCUT2D eigenvalue weighted by Gasteiger charge is 2.61. The third-order valence-electron chi connectivity index (χ3n) is 6.09. The van der Waals surface area contributed by atoms with E-state index in [0.29, 0.717) is 11.3 Å². The van der Waals surface area contributed by atoms with Gasteiger partial charge in [-0.25, -0.2) is 9.59 Å². The number of benzene rings is 1. The predicted octanol–water partition coefficient (Wildman–Crippen LogP) is 4.36. The Morgan fingerprint density at radius 1 is 1.23 bits per heavy atom. The lowest BCUT2D eigenvalue weighted by molar-refractivity contribution is -0.271. The molecule has 4 atom stereocenters. The number of rotatable bonds is 12. The van der Waals surface area contributed by atoms with Crippen LogP contribution in [0.1, 0.15) is 19.4 Å².